The number of carboxylic acid groups (broad SMARTS) is 1. The van der Waals surface area contributed by atoms with E-state index in [0.717, 1.165) is 43.9 Å². The number of methoxy groups -OCH3 is 1. The van der Waals surface area contributed by atoms with E-state index in [1.54, 1.807) is 7.11 Å². The average molecular weight is 449 g/mol. The molecule has 0 unspecified atom stereocenters. The molecule has 2 fully saturated rings. The lowest BCUT2D eigenvalue weighted by Gasteiger charge is -2.36. The zero-order valence-corrected chi connectivity index (χ0v) is 19.0. The highest BCUT2D eigenvalue weighted by Crippen LogP contribution is 2.42. The predicted molar refractivity (Wildman–Crippen MR) is 114 cm³/mol. The molecule has 1 aliphatic heterocycles. The molecule has 4 atom stereocenters. The number of carbonyl (C=O) groups excluding carboxylic acids is 1. The molecule has 2 aromatic rings. The third kappa shape index (κ3) is 5.71. The van der Waals surface area contributed by atoms with E-state index < -0.39 is 0 Å². The molecule has 176 valence electrons. The van der Waals surface area contributed by atoms with Gasteiger partial charge in [0.25, 0.3) is 6.47 Å². The number of carbonyl (C=O) groups is 2. The van der Waals surface area contributed by atoms with E-state index in [2.05, 4.69) is 20.4 Å². The summed E-state index contributed by atoms with van der Waals surface area (Å²) in [6.45, 7) is 3.94. The fraction of sp³-hybridized carbons (Fsp3) is 0.667. The van der Waals surface area contributed by atoms with Crippen molar-refractivity contribution in [3.05, 3.63) is 29.4 Å². The molecule has 1 N–H and O–H groups in total. The Bertz CT molecular complexity index is 897. The highest BCUT2D eigenvalue weighted by Gasteiger charge is 2.44. The molecule has 1 aliphatic carbocycles. The summed E-state index contributed by atoms with van der Waals surface area (Å²) in [6.07, 6.45) is 4.26. The lowest BCUT2D eigenvalue weighted by molar-refractivity contribution is -0.130. The van der Waals surface area contributed by atoms with Gasteiger partial charge in [0, 0.05) is 32.8 Å². The first-order valence-electron chi connectivity index (χ1n) is 10.7. The standard InChI is InChI=1S/C20H30N6O3.CH2O2/c1-13-5-17(29-22-13)8-20(27)25-9-14-6-18(19(28-4)7-15(14)10-25)26-12-16(21-23-26)11-24(2)3;2-1-3/h5,12,14-15,18-19H,6-11H2,1-4H3;1H,(H,2,3)/t14-,15+,18-,19-;/m1./s1. The molecule has 0 radical (unpaired) electrons. The number of hydrogen-bond donors (Lipinski definition) is 1. The van der Waals surface area contributed by atoms with Gasteiger partial charge in [-0.25, -0.2) is 4.68 Å². The van der Waals surface area contributed by atoms with Crippen LogP contribution in [0.15, 0.2) is 16.8 Å². The minimum Gasteiger partial charge on any atom is -0.483 e. The summed E-state index contributed by atoms with van der Waals surface area (Å²) in [5, 5.41) is 19.5. The van der Waals surface area contributed by atoms with Gasteiger partial charge in [-0.1, -0.05) is 10.4 Å². The first-order chi connectivity index (χ1) is 15.3. The number of ether oxygens (including phenoxy) is 1. The summed E-state index contributed by atoms with van der Waals surface area (Å²) >= 11 is 0. The lowest BCUT2D eigenvalue weighted by atomic mass is 9.77. The second-order valence-corrected chi connectivity index (χ2v) is 8.78. The van der Waals surface area contributed by atoms with E-state index in [1.165, 1.54) is 0 Å². The van der Waals surface area contributed by atoms with Crippen molar-refractivity contribution in [1.29, 1.82) is 0 Å². The van der Waals surface area contributed by atoms with Crippen LogP contribution in [0.2, 0.25) is 0 Å². The van der Waals surface area contributed by atoms with Crippen molar-refractivity contribution in [2.24, 2.45) is 11.8 Å². The molecule has 0 aromatic carbocycles. The van der Waals surface area contributed by atoms with Crippen LogP contribution in [0.25, 0.3) is 0 Å². The summed E-state index contributed by atoms with van der Waals surface area (Å²) in [7, 11) is 5.80. The monoisotopic (exact) mass is 448 g/mol. The number of fused-ring (bicyclic) bond motifs is 1. The number of aromatic nitrogens is 4. The van der Waals surface area contributed by atoms with E-state index >= 15 is 0 Å². The van der Waals surface area contributed by atoms with Crippen molar-refractivity contribution in [3.8, 4) is 0 Å². The molecule has 0 bridgehead atoms. The number of amides is 1. The third-order valence-corrected chi connectivity index (χ3v) is 6.12. The highest BCUT2D eigenvalue weighted by molar-refractivity contribution is 5.78. The van der Waals surface area contributed by atoms with Crippen LogP contribution in [0.5, 0.6) is 0 Å². The molecule has 2 aliphatic rings. The maximum Gasteiger partial charge on any atom is 0.290 e. The number of likely N-dealkylation sites (tertiary alicyclic amines) is 1. The molecular formula is C21H32N6O5. The number of aryl methyl sites for hydroxylation is 1. The number of nitrogens with zero attached hydrogens (tertiary/aromatic N) is 6. The zero-order chi connectivity index (χ0) is 23.3. The first-order valence-corrected chi connectivity index (χ1v) is 10.7. The Labute approximate surface area is 187 Å². The normalized spacial score (nSPS) is 24.7. The summed E-state index contributed by atoms with van der Waals surface area (Å²) < 4.78 is 13.0. The first kappa shape index (κ1) is 23.9. The van der Waals surface area contributed by atoms with Crippen molar-refractivity contribution in [2.75, 3.05) is 34.3 Å². The van der Waals surface area contributed by atoms with Gasteiger partial charge in [-0.2, -0.15) is 0 Å². The number of hydrogen-bond acceptors (Lipinski definition) is 8. The zero-order valence-electron chi connectivity index (χ0n) is 19.0. The van der Waals surface area contributed by atoms with Gasteiger partial charge >= 0.3 is 0 Å². The maximum absolute atomic E-state index is 12.8. The Morgan fingerprint density at radius 2 is 2.03 bits per heavy atom. The van der Waals surface area contributed by atoms with Crippen LogP contribution in [-0.2, 0) is 27.3 Å². The van der Waals surface area contributed by atoms with Gasteiger partial charge in [-0.05, 0) is 45.7 Å². The average Bonchev–Trinajstić information content (AvgIpc) is 3.46. The van der Waals surface area contributed by atoms with Crippen LogP contribution in [0.1, 0.15) is 36.0 Å². The Hall–Kier alpha value is -2.79. The van der Waals surface area contributed by atoms with E-state index in [0.29, 0.717) is 17.6 Å². The maximum atomic E-state index is 12.8. The Morgan fingerprint density at radius 1 is 1.34 bits per heavy atom. The molecule has 1 saturated carbocycles. The smallest absolute Gasteiger partial charge is 0.290 e. The van der Waals surface area contributed by atoms with E-state index in [9.17, 15) is 4.79 Å². The highest BCUT2D eigenvalue weighted by atomic mass is 16.5. The van der Waals surface area contributed by atoms with Gasteiger partial charge in [0.15, 0.2) is 0 Å². The molecule has 11 nitrogen and oxygen atoms in total. The van der Waals surface area contributed by atoms with E-state index in [-0.39, 0.29) is 30.9 Å². The lowest BCUT2D eigenvalue weighted by Crippen LogP contribution is -2.37. The van der Waals surface area contributed by atoms with Crippen molar-refractivity contribution in [1.82, 2.24) is 30.0 Å². The molecular weight excluding hydrogens is 416 g/mol. The fourth-order valence-electron chi connectivity index (χ4n) is 4.76. The van der Waals surface area contributed by atoms with Gasteiger partial charge in [0.05, 0.1) is 36.2 Å². The molecule has 1 amide bonds. The SMILES string of the molecule is CO[C@@H]1C[C@H]2CN(C(=O)Cc3cc(C)no3)C[C@H]2C[C@H]1n1cc(CN(C)C)nn1.O=CO. The van der Waals surface area contributed by atoms with Gasteiger partial charge in [0.2, 0.25) is 5.91 Å². The van der Waals surface area contributed by atoms with Crippen molar-refractivity contribution >= 4 is 12.4 Å². The Morgan fingerprint density at radius 3 is 2.62 bits per heavy atom. The topological polar surface area (TPSA) is 127 Å². The second kappa shape index (κ2) is 10.7. The Kier molecular flexibility index (Phi) is 7.97. The predicted octanol–water partition coefficient (Wildman–Crippen LogP) is 1.00. The van der Waals surface area contributed by atoms with E-state index in [4.69, 9.17) is 19.2 Å². The van der Waals surface area contributed by atoms with Gasteiger partial charge in [-0.3, -0.25) is 9.59 Å². The van der Waals surface area contributed by atoms with E-state index in [1.807, 2.05) is 42.9 Å². The fourth-order valence-corrected chi connectivity index (χ4v) is 4.76. The van der Waals surface area contributed by atoms with Crippen LogP contribution in [0.4, 0.5) is 0 Å². The van der Waals surface area contributed by atoms with Gasteiger partial charge in [0.1, 0.15) is 5.76 Å². The van der Waals surface area contributed by atoms with Crippen LogP contribution in [0.3, 0.4) is 0 Å². The quantitative estimate of drug-likeness (QED) is 0.644. The van der Waals surface area contributed by atoms with Crippen molar-refractivity contribution in [2.45, 2.75) is 44.9 Å². The minimum atomic E-state index is -0.250. The molecule has 32 heavy (non-hydrogen) atoms. The third-order valence-electron chi connectivity index (χ3n) is 6.12. The minimum absolute atomic E-state index is 0.0807. The Balaban J connectivity index is 0.000000913. The van der Waals surface area contributed by atoms with Gasteiger partial charge in [-0.15, -0.1) is 5.10 Å². The van der Waals surface area contributed by atoms with Crippen LogP contribution < -0.4 is 0 Å². The van der Waals surface area contributed by atoms with Crippen molar-refractivity contribution in [3.63, 3.8) is 0 Å². The van der Waals surface area contributed by atoms with Crippen molar-refractivity contribution < 1.29 is 24.0 Å². The second-order valence-electron chi connectivity index (χ2n) is 8.78. The molecule has 2 aromatic heterocycles. The van der Waals surface area contributed by atoms with Crippen LogP contribution in [0, 0.1) is 18.8 Å². The van der Waals surface area contributed by atoms with Gasteiger partial charge < -0.3 is 24.2 Å². The van der Waals surface area contributed by atoms with Crippen LogP contribution >= 0.6 is 0 Å². The molecule has 3 heterocycles. The largest absolute Gasteiger partial charge is 0.483 e. The summed E-state index contributed by atoms with van der Waals surface area (Å²) in [6, 6.07) is 1.98. The molecule has 4 rings (SSSR count). The number of rotatable bonds is 6. The molecule has 11 heteroatoms. The molecule has 1 saturated heterocycles. The van der Waals surface area contributed by atoms with Crippen LogP contribution in [-0.4, -0.2) is 87.8 Å². The summed E-state index contributed by atoms with van der Waals surface area (Å²) in [5.41, 5.74) is 1.76. The summed E-state index contributed by atoms with van der Waals surface area (Å²) in [4.78, 5) is 25.2. The summed E-state index contributed by atoms with van der Waals surface area (Å²) in [5.74, 6) is 1.65. The molecule has 0 spiro atoms.